The molecule has 2 N–H and O–H groups in total. The zero-order valence-corrected chi connectivity index (χ0v) is 11.9. The standard InChI is InChI=1S/C12H20N4O2S/c1-10-13-7-5-11(16-10)8-15-19(17,18)9-12-4-2-3-6-14-12/h5,7,12,14-15H,2-4,6,8-9H2,1H3. The van der Waals surface area contributed by atoms with Crippen molar-refractivity contribution < 1.29 is 8.42 Å². The van der Waals surface area contributed by atoms with Crippen LogP contribution in [0.25, 0.3) is 0 Å². The summed E-state index contributed by atoms with van der Waals surface area (Å²) in [5.41, 5.74) is 0.688. The molecular formula is C12H20N4O2S. The van der Waals surface area contributed by atoms with Gasteiger partial charge < -0.3 is 5.32 Å². The Morgan fingerprint density at radius 3 is 3.00 bits per heavy atom. The Morgan fingerprint density at radius 2 is 2.32 bits per heavy atom. The third-order valence-electron chi connectivity index (χ3n) is 3.14. The SMILES string of the molecule is Cc1nccc(CNS(=O)(=O)CC2CCCCN2)n1. The first-order valence-corrected chi connectivity index (χ1v) is 8.20. The number of sulfonamides is 1. The predicted molar refractivity (Wildman–Crippen MR) is 73.0 cm³/mol. The van der Waals surface area contributed by atoms with Crippen LogP contribution in [0.5, 0.6) is 0 Å². The van der Waals surface area contributed by atoms with Crippen LogP contribution in [0.2, 0.25) is 0 Å². The molecule has 1 saturated heterocycles. The number of hydrogen-bond donors (Lipinski definition) is 2. The number of piperidine rings is 1. The maximum atomic E-state index is 12.0. The summed E-state index contributed by atoms with van der Waals surface area (Å²) in [4.78, 5) is 8.15. The fourth-order valence-corrected chi connectivity index (χ4v) is 3.48. The van der Waals surface area contributed by atoms with Crippen LogP contribution < -0.4 is 10.0 Å². The van der Waals surface area contributed by atoms with Gasteiger partial charge in [0, 0.05) is 12.2 Å². The summed E-state index contributed by atoms with van der Waals surface area (Å²) in [6.45, 7) is 2.91. The van der Waals surface area contributed by atoms with E-state index in [9.17, 15) is 8.42 Å². The minimum absolute atomic E-state index is 0.0679. The van der Waals surface area contributed by atoms with Gasteiger partial charge in [-0.25, -0.2) is 23.1 Å². The molecule has 0 aliphatic carbocycles. The molecule has 1 fully saturated rings. The molecule has 6 nitrogen and oxygen atoms in total. The van der Waals surface area contributed by atoms with Gasteiger partial charge in [0.05, 0.1) is 18.0 Å². The van der Waals surface area contributed by atoms with Gasteiger partial charge in [0.2, 0.25) is 10.0 Å². The summed E-state index contributed by atoms with van der Waals surface area (Å²) in [5.74, 6) is 0.780. The van der Waals surface area contributed by atoms with Crippen LogP contribution in [-0.4, -0.2) is 36.7 Å². The predicted octanol–water partition coefficient (Wildman–Crippen LogP) is 0.347. The highest BCUT2D eigenvalue weighted by Gasteiger charge is 2.20. The summed E-state index contributed by atoms with van der Waals surface area (Å²) >= 11 is 0. The van der Waals surface area contributed by atoms with E-state index in [0.717, 1.165) is 25.8 Å². The Labute approximate surface area is 114 Å². The summed E-state index contributed by atoms with van der Waals surface area (Å²) in [6.07, 6.45) is 4.78. The summed E-state index contributed by atoms with van der Waals surface area (Å²) in [7, 11) is -3.27. The fourth-order valence-electron chi connectivity index (χ4n) is 2.18. The van der Waals surface area contributed by atoms with Gasteiger partial charge in [-0.1, -0.05) is 6.42 Å². The van der Waals surface area contributed by atoms with E-state index in [2.05, 4.69) is 20.0 Å². The van der Waals surface area contributed by atoms with E-state index < -0.39 is 10.0 Å². The minimum atomic E-state index is -3.27. The molecule has 0 amide bonds. The van der Waals surface area contributed by atoms with Crippen molar-refractivity contribution in [3.63, 3.8) is 0 Å². The van der Waals surface area contributed by atoms with Gasteiger partial charge in [0.25, 0.3) is 0 Å². The first-order valence-electron chi connectivity index (χ1n) is 6.54. The van der Waals surface area contributed by atoms with E-state index in [1.54, 1.807) is 19.2 Å². The molecule has 1 aliphatic rings. The third kappa shape index (κ3) is 4.85. The van der Waals surface area contributed by atoms with E-state index >= 15 is 0 Å². The van der Waals surface area contributed by atoms with Crippen LogP contribution in [0.1, 0.15) is 30.8 Å². The lowest BCUT2D eigenvalue weighted by Gasteiger charge is -2.23. The largest absolute Gasteiger partial charge is 0.313 e. The fraction of sp³-hybridized carbons (Fsp3) is 0.667. The number of nitrogens with zero attached hydrogens (tertiary/aromatic N) is 2. The van der Waals surface area contributed by atoms with Crippen LogP contribution in [0.3, 0.4) is 0 Å². The molecule has 106 valence electrons. The van der Waals surface area contributed by atoms with Crippen molar-refractivity contribution in [2.75, 3.05) is 12.3 Å². The molecule has 2 heterocycles. The summed E-state index contributed by atoms with van der Waals surface area (Å²) < 4.78 is 26.5. The second-order valence-corrected chi connectivity index (χ2v) is 6.70. The van der Waals surface area contributed by atoms with E-state index in [1.165, 1.54) is 0 Å². The van der Waals surface area contributed by atoms with E-state index in [4.69, 9.17) is 0 Å². The Balaban J connectivity index is 1.86. The molecule has 0 saturated carbocycles. The quantitative estimate of drug-likeness (QED) is 0.815. The summed E-state index contributed by atoms with van der Waals surface area (Å²) in [6, 6.07) is 1.78. The molecule has 2 rings (SSSR count). The smallest absolute Gasteiger partial charge is 0.213 e. The molecule has 1 atom stereocenters. The molecule has 1 unspecified atom stereocenters. The van der Waals surface area contributed by atoms with Crippen LogP contribution in [0, 0.1) is 6.92 Å². The van der Waals surface area contributed by atoms with Crippen molar-refractivity contribution in [2.24, 2.45) is 0 Å². The number of rotatable bonds is 5. The van der Waals surface area contributed by atoms with Crippen molar-refractivity contribution in [2.45, 2.75) is 38.8 Å². The summed E-state index contributed by atoms with van der Waals surface area (Å²) in [5, 5.41) is 3.24. The Bertz CT molecular complexity index is 512. The highest BCUT2D eigenvalue weighted by molar-refractivity contribution is 7.89. The Kier molecular flexibility index (Phi) is 4.84. The lowest BCUT2D eigenvalue weighted by molar-refractivity contribution is 0.422. The van der Waals surface area contributed by atoms with Crippen molar-refractivity contribution in [1.82, 2.24) is 20.0 Å². The molecule has 1 aliphatic heterocycles. The lowest BCUT2D eigenvalue weighted by Crippen LogP contribution is -2.42. The lowest BCUT2D eigenvalue weighted by atomic mass is 10.1. The van der Waals surface area contributed by atoms with Gasteiger partial charge in [0.15, 0.2) is 0 Å². The molecule has 1 aromatic heterocycles. The number of nitrogens with one attached hydrogen (secondary N) is 2. The Hall–Kier alpha value is -1.05. The minimum Gasteiger partial charge on any atom is -0.313 e. The van der Waals surface area contributed by atoms with Crippen molar-refractivity contribution in [3.05, 3.63) is 23.8 Å². The van der Waals surface area contributed by atoms with Crippen LogP contribution in [0.4, 0.5) is 0 Å². The highest BCUT2D eigenvalue weighted by atomic mass is 32.2. The topological polar surface area (TPSA) is 84.0 Å². The number of aryl methyl sites for hydroxylation is 1. The average Bonchev–Trinajstić information content (AvgIpc) is 2.37. The van der Waals surface area contributed by atoms with Gasteiger partial charge in [-0.05, 0) is 32.4 Å². The third-order valence-corrected chi connectivity index (χ3v) is 4.57. The normalized spacial score (nSPS) is 20.4. The monoisotopic (exact) mass is 284 g/mol. The first-order chi connectivity index (χ1) is 9.05. The van der Waals surface area contributed by atoms with Gasteiger partial charge in [-0.15, -0.1) is 0 Å². The average molecular weight is 284 g/mol. The number of hydrogen-bond acceptors (Lipinski definition) is 5. The second kappa shape index (κ2) is 6.40. The van der Waals surface area contributed by atoms with Crippen LogP contribution >= 0.6 is 0 Å². The van der Waals surface area contributed by atoms with Gasteiger partial charge >= 0.3 is 0 Å². The molecule has 0 aromatic carbocycles. The molecule has 1 aromatic rings. The first kappa shape index (κ1) is 14.4. The van der Waals surface area contributed by atoms with E-state index in [0.29, 0.717) is 11.5 Å². The zero-order chi connectivity index (χ0) is 13.7. The molecule has 19 heavy (non-hydrogen) atoms. The zero-order valence-electron chi connectivity index (χ0n) is 11.1. The van der Waals surface area contributed by atoms with Crippen molar-refractivity contribution in [3.8, 4) is 0 Å². The molecule has 0 spiro atoms. The van der Waals surface area contributed by atoms with E-state index in [1.807, 2.05) is 0 Å². The molecular weight excluding hydrogens is 264 g/mol. The van der Waals surface area contributed by atoms with E-state index in [-0.39, 0.29) is 18.3 Å². The van der Waals surface area contributed by atoms with Gasteiger partial charge in [-0.2, -0.15) is 0 Å². The van der Waals surface area contributed by atoms with Crippen molar-refractivity contribution in [1.29, 1.82) is 0 Å². The molecule has 7 heteroatoms. The molecule has 0 bridgehead atoms. The maximum absolute atomic E-state index is 12.0. The molecule has 0 radical (unpaired) electrons. The Morgan fingerprint density at radius 1 is 1.47 bits per heavy atom. The number of aromatic nitrogens is 2. The van der Waals surface area contributed by atoms with Gasteiger partial charge in [0.1, 0.15) is 5.82 Å². The highest BCUT2D eigenvalue weighted by Crippen LogP contribution is 2.08. The van der Waals surface area contributed by atoms with Crippen LogP contribution in [0.15, 0.2) is 12.3 Å². The second-order valence-electron chi connectivity index (χ2n) is 4.84. The maximum Gasteiger partial charge on any atom is 0.213 e. The van der Waals surface area contributed by atoms with Crippen LogP contribution in [-0.2, 0) is 16.6 Å². The van der Waals surface area contributed by atoms with Crippen molar-refractivity contribution >= 4 is 10.0 Å². The van der Waals surface area contributed by atoms with Gasteiger partial charge in [-0.3, -0.25) is 0 Å².